The van der Waals surface area contributed by atoms with Crippen molar-refractivity contribution in [1.82, 2.24) is 5.32 Å². The maximum Gasteiger partial charge on any atom is 0.270 e. The number of aryl methyl sites for hydroxylation is 1. The van der Waals surface area contributed by atoms with Gasteiger partial charge in [-0.3, -0.25) is 19.7 Å². The van der Waals surface area contributed by atoms with Crippen molar-refractivity contribution >= 4 is 23.2 Å². The van der Waals surface area contributed by atoms with Crippen LogP contribution in [0, 0.1) is 22.5 Å². The quantitative estimate of drug-likeness (QED) is 0.278. The van der Waals surface area contributed by atoms with Gasteiger partial charge in [0.2, 0.25) is 5.91 Å². The van der Waals surface area contributed by atoms with Crippen LogP contribution in [0.3, 0.4) is 0 Å². The van der Waals surface area contributed by atoms with Crippen molar-refractivity contribution in [2.24, 2.45) is 5.41 Å². The molecular weight excluding hydrogens is 466 g/mol. The molecule has 0 heterocycles. The topological polar surface area (TPSA) is 101 Å². The molecule has 7 heteroatoms. The highest BCUT2D eigenvalue weighted by molar-refractivity contribution is 6.05. The summed E-state index contributed by atoms with van der Waals surface area (Å²) in [5.74, 6) is -0.257. The van der Waals surface area contributed by atoms with E-state index in [1.807, 2.05) is 49.4 Å². The number of nitrogens with one attached hydrogen (secondary N) is 2. The molecule has 1 atom stereocenters. The van der Waals surface area contributed by atoms with Crippen molar-refractivity contribution in [2.75, 3.05) is 5.32 Å². The third kappa shape index (κ3) is 6.42. The molecule has 1 unspecified atom stereocenters. The zero-order chi connectivity index (χ0) is 26.4. The van der Waals surface area contributed by atoms with Crippen molar-refractivity contribution in [2.45, 2.75) is 58.4 Å². The van der Waals surface area contributed by atoms with E-state index in [4.69, 9.17) is 0 Å². The molecule has 2 N–H and O–H groups in total. The van der Waals surface area contributed by atoms with Gasteiger partial charge in [0.25, 0.3) is 11.6 Å². The van der Waals surface area contributed by atoms with Crippen LogP contribution in [0.15, 0.2) is 72.8 Å². The molecule has 0 saturated heterocycles. The minimum atomic E-state index is -0.513. The Bertz CT molecular complexity index is 1270. The van der Waals surface area contributed by atoms with Gasteiger partial charge in [-0.2, -0.15) is 0 Å². The fourth-order valence-corrected chi connectivity index (χ4v) is 5.19. The lowest BCUT2D eigenvalue weighted by Gasteiger charge is -2.30. The second kappa shape index (κ2) is 11.4. The maximum absolute atomic E-state index is 13.4. The van der Waals surface area contributed by atoms with Gasteiger partial charge in [0.05, 0.1) is 10.3 Å². The molecule has 37 heavy (non-hydrogen) atoms. The molecule has 1 saturated carbocycles. The Labute approximate surface area is 217 Å². The van der Waals surface area contributed by atoms with E-state index in [-0.39, 0.29) is 28.6 Å². The third-order valence-electron chi connectivity index (χ3n) is 7.24. The molecule has 1 fully saturated rings. The van der Waals surface area contributed by atoms with Crippen LogP contribution in [0.25, 0.3) is 0 Å². The lowest BCUT2D eigenvalue weighted by atomic mass is 9.79. The number of nitro benzene ring substituents is 1. The molecule has 7 nitrogen and oxygen atoms in total. The molecule has 3 aromatic carbocycles. The molecule has 2 amide bonds. The lowest BCUT2D eigenvalue weighted by molar-refractivity contribution is -0.384. The molecule has 1 aliphatic carbocycles. The van der Waals surface area contributed by atoms with Crippen LogP contribution >= 0.6 is 0 Å². The summed E-state index contributed by atoms with van der Waals surface area (Å²) in [6.45, 7) is 3.76. The van der Waals surface area contributed by atoms with Crippen molar-refractivity contribution in [3.63, 3.8) is 0 Å². The molecule has 4 rings (SSSR count). The van der Waals surface area contributed by atoms with Crippen LogP contribution in [-0.4, -0.2) is 22.8 Å². The number of amides is 2. The summed E-state index contributed by atoms with van der Waals surface area (Å²) in [6, 6.07) is 21.9. The number of nitrogens with zero attached hydrogens (tertiary/aromatic N) is 1. The van der Waals surface area contributed by atoms with E-state index in [0.717, 1.165) is 37.7 Å². The molecule has 0 aliphatic heterocycles. The minimum Gasteiger partial charge on any atom is -0.353 e. The number of carbonyl (C=O) groups is 2. The van der Waals surface area contributed by atoms with Gasteiger partial charge in [0, 0.05) is 29.4 Å². The van der Waals surface area contributed by atoms with Crippen LogP contribution in [0.2, 0.25) is 0 Å². The first-order valence-electron chi connectivity index (χ1n) is 12.8. The minimum absolute atomic E-state index is 0.0336. The van der Waals surface area contributed by atoms with E-state index in [0.29, 0.717) is 17.7 Å². The van der Waals surface area contributed by atoms with E-state index in [2.05, 4.69) is 22.8 Å². The molecular formula is C30H33N3O4. The number of nitro groups is 1. The number of non-ortho nitro benzene ring substituents is 1. The van der Waals surface area contributed by atoms with Crippen LogP contribution < -0.4 is 10.6 Å². The third-order valence-corrected chi connectivity index (χ3v) is 7.24. The summed E-state index contributed by atoms with van der Waals surface area (Å²) in [7, 11) is 0. The van der Waals surface area contributed by atoms with Gasteiger partial charge >= 0.3 is 0 Å². The Morgan fingerprint density at radius 3 is 2.30 bits per heavy atom. The Kier molecular flexibility index (Phi) is 8.01. The normalized spacial score (nSPS) is 15.1. The number of carbonyl (C=O) groups excluding carboxylic acids is 2. The monoisotopic (exact) mass is 499 g/mol. The van der Waals surface area contributed by atoms with Crippen LogP contribution in [0.5, 0.6) is 0 Å². The summed E-state index contributed by atoms with van der Waals surface area (Å²) in [5, 5.41) is 17.1. The maximum atomic E-state index is 13.4. The van der Waals surface area contributed by atoms with Gasteiger partial charge < -0.3 is 10.6 Å². The molecule has 0 aromatic heterocycles. The summed E-state index contributed by atoms with van der Waals surface area (Å²) in [5.41, 5.74) is 3.32. The average Bonchev–Trinajstić information content (AvgIpc) is 3.35. The van der Waals surface area contributed by atoms with Crippen molar-refractivity contribution in [3.8, 4) is 0 Å². The Balaban J connectivity index is 1.35. The molecule has 192 valence electrons. The smallest absolute Gasteiger partial charge is 0.270 e. The molecule has 1 aliphatic rings. The second-order valence-corrected chi connectivity index (χ2v) is 10.1. The van der Waals surface area contributed by atoms with E-state index in [1.54, 1.807) is 13.0 Å². The number of hydrogen-bond donors (Lipinski definition) is 2. The number of rotatable bonds is 9. The largest absolute Gasteiger partial charge is 0.353 e. The Morgan fingerprint density at radius 2 is 1.65 bits per heavy atom. The lowest BCUT2D eigenvalue weighted by Crippen LogP contribution is -2.45. The fourth-order valence-electron chi connectivity index (χ4n) is 5.19. The van der Waals surface area contributed by atoms with Crippen molar-refractivity contribution in [3.05, 3.63) is 105 Å². The molecule has 0 bridgehead atoms. The standard InChI is InChI=1S/C30H33N3O4/c1-21-10-15-26(33(36)37)19-27(21)28(34)32-25-13-11-23(12-14-25)18-22(2)31-29(35)30(16-6-7-17-30)20-24-8-4-3-5-9-24/h3-5,8-15,19,22H,6-7,16-18,20H2,1-2H3,(H,31,35)(H,32,34). The SMILES string of the molecule is Cc1ccc([N+](=O)[O-])cc1C(=O)Nc1ccc(CC(C)NC(=O)C2(Cc3ccccc3)CCCC2)cc1. The fraction of sp³-hybridized carbons (Fsp3) is 0.333. The van der Waals surface area contributed by atoms with Crippen LogP contribution in [0.1, 0.15) is 59.7 Å². The van der Waals surface area contributed by atoms with Gasteiger partial charge in [0.15, 0.2) is 0 Å². The Hall–Kier alpha value is -4.00. The molecule has 0 radical (unpaired) electrons. The summed E-state index contributed by atoms with van der Waals surface area (Å²) < 4.78 is 0. The van der Waals surface area contributed by atoms with Gasteiger partial charge in [0.1, 0.15) is 0 Å². The predicted octanol–water partition coefficient (Wildman–Crippen LogP) is 6.01. The van der Waals surface area contributed by atoms with Crippen LogP contribution in [0.4, 0.5) is 11.4 Å². The first kappa shape index (κ1) is 26.1. The zero-order valence-corrected chi connectivity index (χ0v) is 21.3. The average molecular weight is 500 g/mol. The summed E-state index contributed by atoms with van der Waals surface area (Å²) in [4.78, 5) is 36.6. The zero-order valence-electron chi connectivity index (χ0n) is 21.3. The highest BCUT2D eigenvalue weighted by Gasteiger charge is 2.41. The van der Waals surface area contributed by atoms with Gasteiger partial charge in [-0.15, -0.1) is 0 Å². The van der Waals surface area contributed by atoms with E-state index < -0.39 is 10.8 Å². The highest BCUT2D eigenvalue weighted by Crippen LogP contribution is 2.41. The highest BCUT2D eigenvalue weighted by atomic mass is 16.6. The Morgan fingerprint density at radius 1 is 0.973 bits per heavy atom. The van der Waals surface area contributed by atoms with Crippen molar-refractivity contribution in [1.29, 1.82) is 0 Å². The van der Waals surface area contributed by atoms with E-state index >= 15 is 0 Å². The van der Waals surface area contributed by atoms with Gasteiger partial charge in [-0.25, -0.2) is 0 Å². The number of hydrogen-bond acceptors (Lipinski definition) is 4. The predicted molar refractivity (Wildman–Crippen MR) is 145 cm³/mol. The van der Waals surface area contributed by atoms with E-state index in [1.165, 1.54) is 17.7 Å². The summed E-state index contributed by atoms with van der Waals surface area (Å²) in [6.07, 6.45) is 5.43. The summed E-state index contributed by atoms with van der Waals surface area (Å²) >= 11 is 0. The first-order valence-corrected chi connectivity index (χ1v) is 12.8. The number of benzene rings is 3. The van der Waals surface area contributed by atoms with E-state index in [9.17, 15) is 19.7 Å². The van der Waals surface area contributed by atoms with Crippen molar-refractivity contribution < 1.29 is 14.5 Å². The first-order chi connectivity index (χ1) is 17.8. The van der Waals surface area contributed by atoms with Crippen LogP contribution in [-0.2, 0) is 17.6 Å². The van der Waals surface area contributed by atoms with Gasteiger partial charge in [-0.05, 0) is 68.4 Å². The molecule has 0 spiro atoms. The molecule has 3 aromatic rings. The number of anilines is 1. The van der Waals surface area contributed by atoms with Gasteiger partial charge in [-0.1, -0.05) is 61.4 Å². The second-order valence-electron chi connectivity index (χ2n) is 10.1.